The maximum atomic E-state index is 13.8. The molecule has 0 saturated carbocycles. The summed E-state index contributed by atoms with van der Waals surface area (Å²) in [5.41, 5.74) is 0.546. The van der Waals surface area contributed by atoms with Crippen LogP contribution in [0.15, 0.2) is 18.5 Å². The predicted octanol–water partition coefficient (Wildman–Crippen LogP) is 1.30. The first-order valence-corrected chi connectivity index (χ1v) is 7.46. The van der Waals surface area contributed by atoms with Crippen molar-refractivity contribution < 1.29 is 13.9 Å². The largest absolute Gasteiger partial charge is 0.378 e. The van der Waals surface area contributed by atoms with Gasteiger partial charge in [-0.25, -0.2) is 4.39 Å². The number of pyridine rings is 1. The van der Waals surface area contributed by atoms with Crippen LogP contribution in [0.25, 0.3) is 0 Å². The van der Waals surface area contributed by atoms with Crippen molar-refractivity contribution in [1.82, 2.24) is 9.88 Å². The molecule has 2 saturated heterocycles. The van der Waals surface area contributed by atoms with Crippen LogP contribution in [0.4, 0.5) is 10.1 Å². The smallest absolute Gasteiger partial charge is 0.227 e. The molecule has 114 valence electrons. The Kier molecular flexibility index (Phi) is 4.34. The summed E-state index contributed by atoms with van der Waals surface area (Å²) in [5.74, 6) is -0.196. The van der Waals surface area contributed by atoms with Crippen molar-refractivity contribution in [2.24, 2.45) is 5.92 Å². The molecule has 3 heterocycles. The molecule has 3 rings (SSSR count). The number of hydrogen-bond acceptors (Lipinski definition) is 4. The number of rotatable bonds is 2. The third kappa shape index (κ3) is 3.15. The zero-order chi connectivity index (χ0) is 14.7. The van der Waals surface area contributed by atoms with Gasteiger partial charge in [-0.1, -0.05) is 0 Å². The number of nitrogens with zero attached hydrogens (tertiary/aromatic N) is 3. The van der Waals surface area contributed by atoms with E-state index in [1.807, 2.05) is 9.80 Å². The van der Waals surface area contributed by atoms with Crippen LogP contribution in [0.5, 0.6) is 0 Å². The molecule has 6 heteroatoms. The first-order chi connectivity index (χ1) is 10.3. The van der Waals surface area contributed by atoms with Crippen LogP contribution in [0.1, 0.15) is 12.8 Å². The lowest BCUT2D eigenvalue weighted by Gasteiger charge is -2.37. The second-order valence-corrected chi connectivity index (χ2v) is 5.55. The molecule has 1 aromatic rings. The summed E-state index contributed by atoms with van der Waals surface area (Å²) in [6, 6.07) is 1.68. The lowest BCUT2D eigenvalue weighted by atomic mass is 9.96. The molecule has 0 N–H and O–H groups in total. The highest BCUT2D eigenvalue weighted by atomic mass is 19.1. The highest BCUT2D eigenvalue weighted by molar-refractivity contribution is 5.80. The van der Waals surface area contributed by atoms with E-state index in [4.69, 9.17) is 4.74 Å². The number of carbonyl (C=O) groups is 1. The third-order valence-electron chi connectivity index (χ3n) is 4.19. The molecule has 0 aliphatic carbocycles. The SMILES string of the molecule is O=C(C1CCCN(c2ccncc2F)C1)N1CCOCC1. The Morgan fingerprint density at radius 2 is 2.14 bits per heavy atom. The van der Waals surface area contributed by atoms with Gasteiger partial charge < -0.3 is 14.5 Å². The maximum absolute atomic E-state index is 13.8. The van der Waals surface area contributed by atoms with E-state index in [1.54, 1.807) is 12.3 Å². The molecular formula is C15H20FN3O2. The molecule has 0 bridgehead atoms. The number of piperidine rings is 1. The van der Waals surface area contributed by atoms with Crippen molar-refractivity contribution in [2.45, 2.75) is 12.8 Å². The zero-order valence-electron chi connectivity index (χ0n) is 12.0. The van der Waals surface area contributed by atoms with Crippen LogP contribution in [-0.4, -0.2) is 55.2 Å². The molecule has 1 unspecified atom stereocenters. The average molecular weight is 293 g/mol. The van der Waals surface area contributed by atoms with Crippen LogP contribution < -0.4 is 4.90 Å². The van der Waals surface area contributed by atoms with Crippen LogP contribution >= 0.6 is 0 Å². The van der Waals surface area contributed by atoms with Crippen molar-refractivity contribution in [3.05, 3.63) is 24.3 Å². The number of hydrogen-bond donors (Lipinski definition) is 0. The van der Waals surface area contributed by atoms with E-state index in [2.05, 4.69) is 4.98 Å². The molecule has 0 aromatic carbocycles. The molecule has 21 heavy (non-hydrogen) atoms. The minimum atomic E-state index is -0.322. The summed E-state index contributed by atoms with van der Waals surface area (Å²) >= 11 is 0. The van der Waals surface area contributed by atoms with E-state index < -0.39 is 0 Å². The van der Waals surface area contributed by atoms with Gasteiger partial charge in [0.1, 0.15) is 0 Å². The Morgan fingerprint density at radius 3 is 2.90 bits per heavy atom. The predicted molar refractivity (Wildman–Crippen MR) is 76.5 cm³/mol. The van der Waals surface area contributed by atoms with Gasteiger partial charge in [-0.05, 0) is 18.9 Å². The quantitative estimate of drug-likeness (QED) is 0.824. The normalized spacial score (nSPS) is 23.2. The molecule has 1 amide bonds. The topological polar surface area (TPSA) is 45.7 Å². The van der Waals surface area contributed by atoms with Gasteiger partial charge in [0.05, 0.1) is 31.0 Å². The summed E-state index contributed by atoms with van der Waals surface area (Å²) in [4.78, 5) is 20.2. The Labute approximate surface area is 123 Å². The number of carbonyl (C=O) groups excluding carboxylic acids is 1. The van der Waals surface area contributed by atoms with Gasteiger partial charge in [-0.15, -0.1) is 0 Å². The number of morpholine rings is 1. The van der Waals surface area contributed by atoms with Crippen molar-refractivity contribution in [3.8, 4) is 0 Å². The highest BCUT2D eigenvalue weighted by Gasteiger charge is 2.30. The first-order valence-electron chi connectivity index (χ1n) is 7.46. The summed E-state index contributed by atoms with van der Waals surface area (Å²) < 4.78 is 19.1. The fourth-order valence-electron chi connectivity index (χ4n) is 3.06. The Hall–Kier alpha value is -1.69. The molecule has 2 fully saturated rings. The first kappa shape index (κ1) is 14.3. The monoisotopic (exact) mass is 293 g/mol. The van der Waals surface area contributed by atoms with E-state index in [9.17, 15) is 9.18 Å². The summed E-state index contributed by atoms with van der Waals surface area (Å²) in [7, 11) is 0. The van der Waals surface area contributed by atoms with E-state index in [0.29, 0.717) is 38.5 Å². The van der Waals surface area contributed by atoms with Gasteiger partial charge in [0.15, 0.2) is 5.82 Å². The molecule has 0 spiro atoms. The average Bonchev–Trinajstić information content (AvgIpc) is 2.55. The fraction of sp³-hybridized carbons (Fsp3) is 0.600. The van der Waals surface area contributed by atoms with E-state index in [0.717, 1.165) is 19.4 Å². The molecule has 5 nitrogen and oxygen atoms in total. The van der Waals surface area contributed by atoms with Gasteiger partial charge in [0.2, 0.25) is 5.91 Å². The van der Waals surface area contributed by atoms with Crippen LogP contribution in [0.2, 0.25) is 0 Å². The lowest BCUT2D eigenvalue weighted by molar-refractivity contribution is -0.139. The van der Waals surface area contributed by atoms with Crippen molar-refractivity contribution >= 4 is 11.6 Å². The van der Waals surface area contributed by atoms with E-state index in [1.165, 1.54) is 6.20 Å². The summed E-state index contributed by atoms with van der Waals surface area (Å²) in [6.45, 7) is 3.92. The van der Waals surface area contributed by atoms with Crippen molar-refractivity contribution in [1.29, 1.82) is 0 Å². The third-order valence-corrected chi connectivity index (χ3v) is 4.19. The van der Waals surface area contributed by atoms with E-state index in [-0.39, 0.29) is 17.6 Å². The molecule has 1 aromatic heterocycles. The van der Waals surface area contributed by atoms with Gasteiger partial charge in [-0.3, -0.25) is 9.78 Å². The van der Waals surface area contributed by atoms with E-state index >= 15 is 0 Å². The second kappa shape index (κ2) is 6.39. The standard InChI is InChI=1S/C15H20FN3O2/c16-13-10-17-4-3-14(13)19-5-1-2-12(11-19)15(20)18-6-8-21-9-7-18/h3-4,10,12H,1-2,5-9,11H2. The Bertz CT molecular complexity index is 505. The number of halogens is 1. The van der Waals surface area contributed by atoms with Gasteiger partial charge in [0.25, 0.3) is 0 Å². The van der Waals surface area contributed by atoms with Gasteiger partial charge in [-0.2, -0.15) is 0 Å². The number of anilines is 1. The van der Waals surface area contributed by atoms with Crippen molar-refractivity contribution in [2.75, 3.05) is 44.3 Å². The maximum Gasteiger partial charge on any atom is 0.227 e. The Morgan fingerprint density at radius 1 is 1.33 bits per heavy atom. The number of amides is 1. The van der Waals surface area contributed by atoms with Crippen LogP contribution in [0, 0.1) is 11.7 Å². The van der Waals surface area contributed by atoms with Crippen LogP contribution in [0.3, 0.4) is 0 Å². The highest BCUT2D eigenvalue weighted by Crippen LogP contribution is 2.26. The number of ether oxygens (including phenoxy) is 1. The van der Waals surface area contributed by atoms with Crippen LogP contribution in [-0.2, 0) is 9.53 Å². The molecule has 0 radical (unpaired) electrons. The molecule has 1 atom stereocenters. The summed E-state index contributed by atoms with van der Waals surface area (Å²) in [5, 5.41) is 0. The molecule has 2 aliphatic rings. The van der Waals surface area contributed by atoms with Crippen molar-refractivity contribution in [3.63, 3.8) is 0 Å². The number of aromatic nitrogens is 1. The molecule has 2 aliphatic heterocycles. The lowest BCUT2D eigenvalue weighted by Crippen LogP contribution is -2.48. The zero-order valence-corrected chi connectivity index (χ0v) is 12.0. The Balaban J connectivity index is 1.68. The van der Waals surface area contributed by atoms with Gasteiger partial charge in [0, 0.05) is 32.4 Å². The minimum Gasteiger partial charge on any atom is -0.378 e. The van der Waals surface area contributed by atoms with Gasteiger partial charge >= 0.3 is 0 Å². The summed E-state index contributed by atoms with van der Waals surface area (Å²) in [6.07, 6.45) is 4.59. The molecular weight excluding hydrogens is 273 g/mol. The minimum absolute atomic E-state index is 0.0515. The second-order valence-electron chi connectivity index (χ2n) is 5.55. The fourth-order valence-corrected chi connectivity index (χ4v) is 3.06.